The molecule has 5 heterocycles. The summed E-state index contributed by atoms with van der Waals surface area (Å²) in [4.78, 5) is 99.4. The van der Waals surface area contributed by atoms with Crippen molar-refractivity contribution in [1.29, 1.82) is 0 Å². The number of ether oxygens (including phenoxy) is 1. The highest BCUT2D eigenvalue weighted by molar-refractivity contribution is 7.15. The lowest BCUT2D eigenvalue weighted by Gasteiger charge is -2.34. The van der Waals surface area contributed by atoms with Gasteiger partial charge >= 0.3 is 0 Å². The van der Waals surface area contributed by atoms with Gasteiger partial charge in [0.05, 0.1) is 23.3 Å². The number of thiophene rings is 1. The molecule has 7 rings (SSSR count). The van der Waals surface area contributed by atoms with E-state index in [0.29, 0.717) is 62.6 Å². The van der Waals surface area contributed by atoms with Gasteiger partial charge < -0.3 is 30.8 Å². The number of halogens is 1. The van der Waals surface area contributed by atoms with Crippen LogP contribution in [0.4, 0.5) is 0 Å². The van der Waals surface area contributed by atoms with E-state index >= 15 is 0 Å². The van der Waals surface area contributed by atoms with Crippen LogP contribution in [-0.2, 0) is 24.0 Å². The van der Waals surface area contributed by atoms with Crippen LogP contribution in [-0.4, -0.2) is 135 Å². The second-order valence-corrected chi connectivity index (χ2v) is 18.4. The fraction of sp³-hybridized carbons (Fsp3) is 0.447. The summed E-state index contributed by atoms with van der Waals surface area (Å²) < 4.78 is 7.66. The molecule has 0 spiro atoms. The predicted octanol–water partition coefficient (Wildman–Crippen LogP) is 4.02. The summed E-state index contributed by atoms with van der Waals surface area (Å²) in [5, 5.41) is 16.4. The molecule has 4 N–H and O–H groups in total. The summed E-state index contributed by atoms with van der Waals surface area (Å²) in [6.45, 7) is 10.1. The zero-order chi connectivity index (χ0) is 47.8. The van der Waals surface area contributed by atoms with E-state index in [4.69, 9.17) is 27.1 Å². The maximum Gasteiger partial charge on any atom is 0.266 e. The largest absolute Gasteiger partial charge is 0.483 e. The number of benzene rings is 2. The molecule has 20 heteroatoms. The molecular weight excluding hydrogens is 900 g/mol. The minimum Gasteiger partial charge on any atom is -0.483 e. The molecule has 6 amide bonds. The van der Waals surface area contributed by atoms with E-state index < -0.39 is 42.3 Å². The minimum atomic E-state index is -1.29. The van der Waals surface area contributed by atoms with E-state index in [1.54, 1.807) is 11.3 Å². The predicted molar refractivity (Wildman–Crippen MR) is 251 cm³/mol. The van der Waals surface area contributed by atoms with Crippen LogP contribution in [0.25, 0.3) is 5.00 Å². The first-order valence-corrected chi connectivity index (χ1v) is 23.7. The molecule has 2 atom stereocenters. The molecule has 4 aromatic rings. The number of carbonyl (C=O) groups is 7. The molecule has 2 aromatic heterocycles. The van der Waals surface area contributed by atoms with Gasteiger partial charge in [-0.1, -0.05) is 36.2 Å². The van der Waals surface area contributed by atoms with E-state index in [0.717, 1.165) is 70.6 Å². The summed E-state index contributed by atoms with van der Waals surface area (Å²) in [6, 6.07) is 10.1. The monoisotopic (exact) mass is 954 g/mol. The van der Waals surface area contributed by atoms with Gasteiger partial charge in [-0.25, -0.2) is 0 Å². The molecule has 0 aliphatic carbocycles. The summed E-state index contributed by atoms with van der Waals surface area (Å²) in [5.41, 5.74) is 9.24. The second kappa shape index (κ2) is 22.0. The summed E-state index contributed by atoms with van der Waals surface area (Å²) >= 11 is 7.91. The third kappa shape index (κ3) is 11.1. The number of aliphatic imine (C=N–C) groups is 1. The first-order chi connectivity index (χ1) is 32.3. The number of aldehydes is 1. The number of primary amides is 1. The van der Waals surface area contributed by atoms with Crippen LogP contribution in [0.5, 0.6) is 5.75 Å². The van der Waals surface area contributed by atoms with Crippen molar-refractivity contribution in [2.75, 3.05) is 52.4 Å². The highest BCUT2D eigenvalue weighted by Gasteiger charge is 2.44. The van der Waals surface area contributed by atoms with Gasteiger partial charge in [0.2, 0.25) is 17.7 Å². The average Bonchev–Trinajstić information content (AvgIpc) is 3.89. The van der Waals surface area contributed by atoms with Crippen LogP contribution in [0.15, 0.2) is 47.5 Å². The molecule has 3 aliphatic rings. The standard InChI is InChI=1S/C47H55ClN10O8S/c1-28-29(2)67-47-40(28)42(31-14-16-32(48)17-15-31)52-34(44-54-53-30(3)57(44)47)26-37(60)50-19-9-20-55-21-23-56(24-22-55)39(62)13-5-4-6-18-51-38(61)27-66-36-12-7-10-33-41(36)46(65)58(45(33)64)35(43(49)63)11-8-25-59/h7,10,12,14-17,25,34-35H,4-6,8-9,11,13,18-24,26-27H2,1-3H3,(H2,49,63)(H,50,60)(H,51,61)/t34-,35?/m0/s1. The molecule has 2 aromatic carbocycles. The number of imide groups is 1. The lowest BCUT2D eigenvalue weighted by molar-refractivity contribution is -0.133. The Labute approximate surface area is 397 Å². The molecule has 0 bridgehead atoms. The van der Waals surface area contributed by atoms with Crippen LogP contribution in [0.3, 0.4) is 0 Å². The first-order valence-electron chi connectivity index (χ1n) is 22.5. The number of nitrogens with zero attached hydrogens (tertiary/aromatic N) is 7. The van der Waals surface area contributed by atoms with Gasteiger partial charge in [0, 0.05) is 73.1 Å². The van der Waals surface area contributed by atoms with Crippen molar-refractivity contribution < 1.29 is 38.3 Å². The average molecular weight is 956 g/mol. The maximum absolute atomic E-state index is 13.4. The van der Waals surface area contributed by atoms with E-state index in [1.165, 1.54) is 23.1 Å². The third-order valence-electron chi connectivity index (χ3n) is 12.3. The van der Waals surface area contributed by atoms with Crippen molar-refractivity contribution >= 4 is 70.4 Å². The number of aryl methyl sites for hydroxylation is 2. The van der Waals surface area contributed by atoms with Gasteiger partial charge in [-0.3, -0.25) is 48.1 Å². The number of nitrogens with two attached hydrogens (primary N) is 1. The number of aromatic nitrogens is 3. The Morgan fingerprint density at radius 1 is 0.910 bits per heavy atom. The van der Waals surface area contributed by atoms with Crippen molar-refractivity contribution in [2.45, 2.75) is 84.2 Å². The van der Waals surface area contributed by atoms with Gasteiger partial charge in [-0.15, -0.1) is 21.5 Å². The maximum atomic E-state index is 13.4. The zero-order valence-corrected chi connectivity index (χ0v) is 39.4. The lowest BCUT2D eigenvalue weighted by Crippen LogP contribution is -2.49. The number of amides is 6. The SMILES string of the molecule is Cc1sc2c(c1C)C(c1ccc(Cl)cc1)=N[C@@H](CC(=O)NCCCN1CCN(C(=O)CCCCCNC(=O)COc3cccc4c3C(=O)N(C(CCC=O)C(N)=O)C4=O)CC1)c1nnc(C)n1-2. The Morgan fingerprint density at radius 3 is 2.37 bits per heavy atom. The normalized spacial score (nSPS) is 16.1. The highest BCUT2D eigenvalue weighted by atomic mass is 35.5. The Balaban J connectivity index is 0.780. The van der Waals surface area contributed by atoms with E-state index in [1.807, 2.05) is 40.7 Å². The number of carbonyl (C=O) groups excluding carboxylic acids is 7. The number of hydrogen-bond acceptors (Lipinski definition) is 13. The van der Waals surface area contributed by atoms with Crippen molar-refractivity contribution in [2.24, 2.45) is 10.7 Å². The number of hydrogen-bond donors (Lipinski definition) is 3. The molecular formula is C47H55ClN10O8S. The fourth-order valence-corrected chi connectivity index (χ4v) is 9.93. The van der Waals surface area contributed by atoms with E-state index in [-0.39, 0.29) is 48.0 Å². The molecule has 1 unspecified atom stereocenters. The van der Waals surface area contributed by atoms with Crippen molar-refractivity contribution in [3.63, 3.8) is 0 Å². The van der Waals surface area contributed by atoms with Crippen LogP contribution in [0.1, 0.15) is 111 Å². The van der Waals surface area contributed by atoms with Crippen molar-refractivity contribution in [3.05, 3.63) is 91.8 Å². The lowest BCUT2D eigenvalue weighted by atomic mass is 9.99. The Morgan fingerprint density at radius 2 is 1.64 bits per heavy atom. The molecule has 1 saturated heterocycles. The molecule has 0 saturated carbocycles. The number of nitrogens with one attached hydrogen (secondary N) is 2. The number of piperazine rings is 1. The smallest absolute Gasteiger partial charge is 0.266 e. The Kier molecular flexibility index (Phi) is 16.0. The number of fused-ring (bicyclic) bond motifs is 4. The second-order valence-electron chi connectivity index (χ2n) is 16.8. The number of rotatable bonds is 21. The molecule has 67 heavy (non-hydrogen) atoms. The first kappa shape index (κ1) is 48.6. The minimum absolute atomic E-state index is 0.0170. The summed E-state index contributed by atoms with van der Waals surface area (Å²) in [5.74, 6) is -1.48. The fourth-order valence-electron chi connectivity index (χ4n) is 8.59. The van der Waals surface area contributed by atoms with Gasteiger partial charge in [0.25, 0.3) is 17.7 Å². The summed E-state index contributed by atoms with van der Waals surface area (Å²) in [6.07, 6.45) is 3.75. The van der Waals surface area contributed by atoms with E-state index in [9.17, 15) is 33.6 Å². The van der Waals surface area contributed by atoms with Gasteiger partial charge in [0.15, 0.2) is 12.4 Å². The molecule has 1 fully saturated rings. The van der Waals surface area contributed by atoms with Gasteiger partial charge in [0.1, 0.15) is 34.9 Å². The number of unbranched alkanes of at least 4 members (excludes halogenated alkanes) is 2. The Hall–Kier alpha value is -6.31. The molecule has 3 aliphatic heterocycles. The summed E-state index contributed by atoms with van der Waals surface area (Å²) in [7, 11) is 0. The Bertz CT molecular complexity index is 2570. The van der Waals surface area contributed by atoms with Crippen LogP contribution < -0.4 is 21.1 Å². The molecule has 0 radical (unpaired) electrons. The van der Waals surface area contributed by atoms with Crippen LogP contribution in [0.2, 0.25) is 5.02 Å². The quantitative estimate of drug-likeness (QED) is 0.0614. The zero-order valence-electron chi connectivity index (χ0n) is 37.8. The molecule has 354 valence electrons. The third-order valence-corrected chi connectivity index (χ3v) is 13.7. The van der Waals surface area contributed by atoms with Crippen molar-refractivity contribution in [3.8, 4) is 10.8 Å². The van der Waals surface area contributed by atoms with Gasteiger partial charge in [-0.05, 0) is 82.8 Å². The van der Waals surface area contributed by atoms with Crippen LogP contribution >= 0.6 is 22.9 Å². The van der Waals surface area contributed by atoms with Crippen molar-refractivity contribution in [1.82, 2.24) is 40.1 Å². The topological polar surface area (TPSA) is 232 Å². The van der Waals surface area contributed by atoms with E-state index in [2.05, 4.69) is 39.6 Å². The molecule has 18 nitrogen and oxygen atoms in total. The van der Waals surface area contributed by atoms with Crippen LogP contribution in [0, 0.1) is 20.8 Å². The highest BCUT2D eigenvalue weighted by Crippen LogP contribution is 2.40. The van der Waals surface area contributed by atoms with Gasteiger partial charge in [-0.2, -0.15) is 0 Å².